The van der Waals surface area contributed by atoms with Gasteiger partial charge in [-0.3, -0.25) is 4.79 Å². The van der Waals surface area contributed by atoms with E-state index in [1.807, 2.05) is 11.6 Å². The van der Waals surface area contributed by atoms with E-state index in [1.165, 1.54) is 0 Å². The summed E-state index contributed by atoms with van der Waals surface area (Å²) >= 11 is 1.66. The predicted octanol–water partition coefficient (Wildman–Crippen LogP) is 0.466. The zero-order valence-corrected chi connectivity index (χ0v) is 10.1. The van der Waals surface area contributed by atoms with Crippen LogP contribution in [0.4, 0.5) is 5.13 Å². The first-order valence-electron chi connectivity index (χ1n) is 5.21. The van der Waals surface area contributed by atoms with Crippen molar-refractivity contribution in [3.8, 4) is 0 Å². The Morgan fingerprint density at radius 1 is 1.62 bits per heavy atom. The lowest BCUT2D eigenvalue weighted by Gasteiger charge is -2.28. The highest BCUT2D eigenvalue weighted by atomic mass is 32.1. The maximum Gasteiger partial charge on any atom is 0.206 e. The van der Waals surface area contributed by atoms with E-state index < -0.39 is 0 Å². The van der Waals surface area contributed by atoms with Crippen molar-refractivity contribution in [3.05, 3.63) is 11.6 Å². The molecule has 16 heavy (non-hydrogen) atoms. The van der Waals surface area contributed by atoms with Crippen molar-refractivity contribution in [3.63, 3.8) is 0 Å². The first kappa shape index (κ1) is 12.9. The number of nitrogens with zero attached hydrogens (tertiary/aromatic N) is 2. The monoisotopic (exact) mass is 243 g/mol. The van der Waals surface area contributed by atoms with Crippen molar-refractivity contribution in [2.45, 2.75) is 18.9 Å². The van der Waals surface area contributed by atoms with Gasteiger partial charge in [-0.05, 0) is 12.8 Å². The standard InChI is InChI=1S/C8H12N2OS.C2H5NO/c11-7-1-4-10(5-2-7)8-9-3-6-12-8;1-3-2-4/h3,6-7,11H,1-2,4-5H2;2H,1H3,(H,3,4). The molecule has 2 heterocycles. The van der Waals surface area contributed by atoms with Crippen LogP contribution in [0.2, 0.25) is 0 Å². The number of anilines is 1. The molecule has 1 aliphatic rings. The molecule has 1 fully saturated rings. The van der Waals surface area contributed by atoms with Crippen molar-refractivity contribution in [1.82, 2.24) is 10.3 Å². The number of thiazole rings is 1. The number of carbonyl (C=O) groups is 1. The second-order valence-corrected chi connectivity index (χ2v) is 4.31. The van der Waals surface area contributed by atoms with Gasteiger partial charge >= 0.3 is 0 Å². The van der Waals surface area contributed by atoms with Gasteiger partial charge in [0, 0.05) is 31.7 Å². The number of aromatic nitrogens is 1. The Hall–Kier alpha value is -1.14. The number of hydrogen-bond acceptors (Lipinski definition) is 5. The minimum atomic E-state index is -0.0961. The van der Waals surface area contributed by atoms with Crippen LogP contribution in [0.25, 0.3) is 0 Å². The molecule has 1 aliphatic heterocycles. The second kappa shape index (κ2) is 7.19. The molecule has 0 bridgehead atoms. The second-order valence-electron chi connectivity index (χ2n) is 3.44. The van der Waals surface area contributed by atoms with E-state index in [2.05, 4.69) is 15.2 Å². The number of hydrogen-bond donors (Lipinski definition) is 2. The topological polar surface area (TPSA) is 65.5 Å². The van der Waals surface area contributed by atoms with Crippen LogP contribution in [-0.4, -0.2) is 42.7 Å². The molecule has 1 aromatic rings. The van der Waals surface area contributed by atoms with Gasteiger partial charge in [0.1, 0.15) is 0 Å². The van der Waals surface area contributed by atoms with Crippen molar-refractivity contribution in [1.29, 1.82) is 0 Å². The average Bonchev–Trinajstić information content (AvgIpc) is 2.84. The third kappa shape index (κ3) is 4.16. The van der Waals surface area contributed by atoms with Gasteiger partial charge in [-0.1, -0.05) is 0 Å². The third-order valence-electron chi connectivity index (χ3n) is 2.27. The molecule has 5 nitrogen and oxygen atoms in total. The molecule has 0 radical (unpaired) electrons. The van der Waals surface area contributed by atoms with Crippen LogP contribution >= 0.6 is 11.3 Å². The lowest BCUT2D eigenvalue weighted by Crippen LogP contribution is -2.35. The first-order valence-corrected chi connectivity index (χ1v) is 6.09. The summed E-state index contributed by atoms with van der Waals surface area (Å²) in [5.41, 5.74) is 0. The van der Waals surface area contributed by atoms with E-state index in [0.717, 1.165) is 31.1 Å². The van der Waals surface area contributed by atoms with E-state index in [0.29, 0.717) is 6.41 Å². The minimum absolute atomic E-state index is 0.0961. The highest BCUT2D eigenvalue weighted by Gasteiger charge is 2.18. The Morgan fingerprint density at radius 3 is 2.69 bits per heavy atom. The zero-order chi connectivity index (χ0) is 11.8. The summed E-state index contributed by atoms with van der Waals surface area (Å²) in [6.07, 6.45) is 4.10. The Kier molecular flexibility index (Phi) is 5.81. The molecule has 0 saturated carbocycles. The number of carbonyl (C=O) groups excluding carboxylic acids is 1. The van der Waals surface area contributed by atoms with Crippen LogP contribution in [0, 0.1) is 0 Å². The van der Waals surface area contributed by atoms with Crippen LogP contribution in [0.5, 0.6) is 0 Å². The molecule has 0 aliphatic carbocycles. The van der Waals surface area contributed by atoms with Crippen molar-refractivity contribution >= 4 is 22.9 Å². The first-order chi connectivity index (χ1) is 7.77. The number of aliphatic hydroxyl groups excluding tert-OH is 1. The molecular weight excluding hydrogens is 226 g/mol. The molecule has 90 valence electrons. The molecule has 6 heteroatoms. The van der Waals surface area contributed by atoms with Crippen LogP contribution in [0.1, 0.15) is 12.8 Å². The van der Waals surface area contributed by atoms with Crippen molar-refractivity contribution < 1.29 is 9.90 Å². The van der Waals surface area contributed by atoms with Gasteiger partial charge < -0.3 is 15.3 Å². The molecule has 0 unspecified atom stereocenters. The molecule has 1 saturated heterocycles. The Morgan fingerprint density at radius 2 is 2.25 bits per heavy atom. The van der Waals surface area contributed by atoms with Crippen molar-refractivity contribution in [2.24, 2.45) is 0 Å². The predicted molar refractivity (Wildman–Crippen MR) is 64.7 cm³/mol. The summed E-state index contributed by atoms with van der Waals surface area (Å²) in [6.45, 7) is 1.88. The number of rotatable bonds is 2. The van der Waals surface area contributed by atoms with Gasteiger partial charge in [-0.2, -0.15) is 0 Å². The molecule has 1 aromatic heterocycles. The lowest BCUT2D eigenvalue weighted by molar-refractivity contribution is -0.109. The van der Waals surface area contributed by atoms with Gasteiger partial charge in [0.15, 0.2) is 5.13 Å². The Bertz CT molecular complexity index is 284. The van der Waals surface area contributed by atoms with E-state index >= 15 is 0 Å². The highest BCUT2D eigenvalue weighted by Crippen LogP contribution is 2.21. The van der Waals surface area contributed by atoms with Crippen LogP contribution in [0.15, 0.2) is 11.6 Å². The Labute approximate surface area is 99.1 Å². The molecule has 2 rings (SSSR count). The lowest BCUT2D eigenvalue weighted by atomic mass is 10.1. The van der Waals surface area contributed by atoms with Gasteiger partial charge in [-0.25, -0.2) is 4.98 Å². The summed E-state index contributed by atoms with van der Waals surface area (Å²) < 4.78 is 0. The zero-order valence-electron chi connectivity index (χ0n) is 9.30. The van der Waals surface area contributed by atoms with Crippen LogP contribution in [-0.2, 0) is 4.79 Å². The van der Waals surface area contributed by atoms with Gasteiger partial charge in [0.05, 0.1) is 6.10 Å². The van der Waals surface area contributed by atoms with Gasteiger partial charge in [0.25, 0.3) is 0 Å². The minimum Gasteiger partial charge on any atom is -0.393 e. The quantitative estimate of drug-likeness (QED) is 0.741. The summed E-state index contributed by atoms with van der Waals surface area (Å²) in [6, 6.07) is 0. The molecule has 0 atom stereocenters. The van der Waals surface area contributed by atoms with Crippen LogP contribution < -0.4 is 10.2 Å². The maximum atomic E-state index is 9.28. The Balaban J connectivity index is 0.000000280. The third-order valence-corrected chi connectivity index (χ3v) is 3.10. The van der Waals surface area contributed by atoms with E-state index in [-0.39, 0.29) is 6.10 Å². The van der Waals surface area contributed by atoms with Crippen LogP contribution in [0.3, 0.4) is 0 Å². The van der Waals surface area contributed by atoms with E-state index in [9.17, 15) is 5.11 Å². The number of aliphatic hydroxyl groups is 1. The van der Waals surface area contributed by atoms with Gasteiger partial charge in [0.2, 0.25) is 6.41 Å². The largest absolute Gasteiger partial charge is 0.393 e. The number of piperidine rings is 1. The van der Waals surface area contributed by atoms with E-state index in [4.69, 9.17) is 4.79 Å². The highest BCUT2D eigenvalue weighted by molar-refractivity contribution is 7.13. The molecular formula is C10H17N3O2S. The summed E-state index contributed by atoms with van der Waals surface area (Å²) in [5.74, 6) is 0. The van der Waals surface area contributed by atoms with Gasteiger partial charge in [-0.15, -0.1) is 11.3 Å². The smallest absolute Gasteiger partial charge is 0.206 e. The molecule has 0 spiro atoms. The number of amides is 1. The molecule has 2 N–H and O–H groups in total. The van der Waals surface area contributed by atoms with Crippen molar-refractivity contribution in [2.75, 3.05) is 25.0 Å². The fourth-order valence-corrected chi connectivity index (χ4v) is 2.13. The maximum absolute atomic E-state index is 9.28. The summed E-state index contributed by atoms with van der Waals surface area (Å²) in [4.78, 5) is 15.5. The number of nitrogens with one attached hydrogen (secondary N) is 1. The normalized spacial score (nSPS) is 16.2. The van der Waals surface area contributed by atoms with E-state index in [1.54, 1.807) is 18.4 Å². The molecule has 0 aromatic carbocycles. The summed E-state index contributed by atoms with van der Waals surface area (Å²) in [7, 11) is 1.56. The fourth-order valence-electron chi connectivity index (χ4n) is 1.43. The molecule has 1 amide bonds. The summed E-state index contributed by atoms with van der Waals surface area (Å²) in [5, 5.41) is 14.6. The fraction of sp³-hybridized carbons (Fsp3) is 0.600. The average molecular weight is 243 g/mol. The SMILES string of the molecule is CNC=O.OC1CCN(c2nccs2)CC1.